The molecule has 11 aromatic rings. The second kappa shape index (κ2) is 36.5. The van der Waals surface area contributed by atoms with Crippen LogP contribution in [0.2, 0.25) is 0 Å². The third-order valence-electron chi connectivity index (χ3n) is 23.4. The molecule has 0 radical (unpaired) electrons. The van der Waals surface area contributed by atoms with Gasteiger partial charge in [-0.05, 0) is 183 Å². The van der Waals surface area contributed by atoms with Gasteiger partial charge in [0, 0.05) is 57.4 Å². The van der Waals surface area contributed by atoms with Crippen LogP contribution in [0.1, 0.15) is 242 Å². The standard InChI is InChI=1S/C23H22O.C23H28O.C20H22O.2C19H20O/c1-2-3-8-18-15-17-11-7-14-21(22(17)23(18)24)20-13-6-10-16-9-4-5-12-19(16)20;1-5-6-8-18-15-17-9-7-10-20(21(17)22(18)24)16-11-13-19(14-12-16)23(2,3)4;1-3-4-6-17-13-16-7-5-8-18(19(16)20(17)21)15-11-9-14(2)10-12-15;1-3-5-16-12-15-6-4-7-17(18(15)19(16)20)14-10-8-13(2)9-11-14;1-2-3-8-16-13-15-11-7-12-17(18(15)19(16)20)14-9-5-4-6-10-14/h4-7,9-14,18H,2-3,8,15H2,1H3;7,9-14,18H,5-6,8,15H2,1-4H3;5,7-12,17H,3-4,6,13H2,1-2H3;4,6-11,16H,3,5,12H2,1-2H3;4-7,9-12,16H,2-3,8,13H2,1H3. The normalized spacial score (nSPS) is 17.0. The minimum Gasteiger partial charge on any atom is -0.294 e. The molecule has 0 amide bonds. The maximum Gasteiger partial charge on any atom is 0.167 e. The van der Waals surface area contributed by atoms with E-state index in [0.717, 1.165) is 200 Å². The predicted molar refractivity (Wildman–Crippen MR) is 456 cm³/mol. The van der Waals surface area contributed by atoms with Crippen LogP contribution in [-0.4, -0.2) is 28.9 Å². The fraction of sp³-hybridized carbons (Fsp3) is 0.337. The first-order valence-electron chi connectivity index (χ1n) is 41.0. The number of fused-ring (bicyclic) bond motifs is 6. The van der Waals surface area contributed by atoms with Gasteiger partial charge < -0.3 is 0 Å². The monoisotopic (exact) mass is 1440 g/mol. The molecule has 0 bridgehead atoms. The summed E-state index contributed by atoms with van der Waals surface area (Å²) in [6.07, 6.45) is 19.9. The molecule has 5 atom stereocenters. The summed E-state index contributed by atoms with van der Waals surface area (Å²) in [6, 6.07) is 82.2. The van der Waals surface area contributed by atoms with Crippen molar-refractivity contribution in [2.45, 2.75) is 197 Å². The summed E-state index contributed by atoms with van der Waals surface area (Å²) < 4.78 is 0. The topological polar surface area (TPSA) is 85.3 Å². The number of aryl methyl sites for hydroxylation is 2. The average Bonchev–Trinajstić information content (AvgIpc) is 1.68. The highest BCUT2D eigenvalue weighted by Gasteiger charge is 2.37. The van der Waals surface area contributed by atoms with Crippen molar-refractivity contribution < 1.29 is 24.0 Å². The first-order valence-corrected chi connectivity index (χ1v) is 41.0. The second-order valence-electron chi connectivity index (χ2n) is 32.3. The summed E-state index contributed by atoms with van der Waals surface area (Å²) in [6.45, 7) is 21.7. The third kappa shape index (κ3) is 18.0. The van der Waals surface area contributed by atoms with Gasteiger partial charge in [-0.1, -0.05) is 361 Å². The molecule has 11 aromatic carbocycles. The van der Waals surface area contributed by atoms with Crippen molar-refractivity contribution in [1.82, 2.24) is 0 Å². The van der Waals surface area contributed by atoms with Crippen molar-refractivity contribution in [2.75, 3.05) is 0 Å². The maximum absolute atomic E-state index is 13.0. The highest BCUT2D eigenvalue weighted by molar-refractivity contribution is 6.12. The van der Waals surface area contributed by atoms with Gasteiger partial charge in [-0.15, -0.1) is 0 Å². The Morgan fingerprint density at radius 2 is 0.541 bits per heavy atom. The van der Waals surface area contributed by atoms with E-state index in [-0.39, 0.29) is 35.0 Å². The van der Waals surface area contributed by atoms with Crippen LogP contribution in [0.5, 0.6) is 0 Å². The van der Waals surface area contributed by atoms with Crippen LogP contribution in [0.4, 0.5) is 0 Å². The van der Waals surface area contributed by atoms with Crippen LogP contribution in [0.3, 0.4) is 0 Å². The molecule has 5 nitrogen and oxygen atoms in total. The molecule has 0 aromatic heterocycles. The summed E-state index contributed by atoms with van der Waals surface area (Å²) in [7, 11) is 0. The van der Waals surface area contributed by atoms with Gasteiger partial charge in [-0.2, -0.15) is 0 Å². The van der Waals surface area contributed by atoms with E-state index in [1.54, 1.807) is 0 Å². The highest BCUT2D eigenvalue weighted by Crippen LogP contribution is 2.44. The number of hydrogen-bond donors (Lipinski definition) is 0. The average molecular weight is 1440 g/mol. The van der Waals surface area contributed by atoms with Crippen LogP contribution in [0.15, 0.2) is 237 Å². The molecule has 0 N–H and O–H groups in total. The number of rotatable bonds is 19. The molecule has 109 heavy (non-hydrogen) atoms. The molecule has 0 saturated heterocycles. The summed E-state index contributed by atoms with van der Waals surface area (Å²) in [4.78, 5) is 64.1. The van der Waals surface area contributed by atoms with E-state index in [1.807, 2.05) is 18.2 Å². The lowest BCUT2D eigenvalue weighted by atomic mass is 9.85. The first kappa shape index (κ1) is 78.6. The molecular weight excluding hydrogens is 1330 g/mol. The minimum atomic E-state index is 0.151. The van der Waals surface area contributed by atoms with Gasteiger partial charge in [-0.25, -0.2) is 0 Å². The second-order valence-corrected chi connectivity index (χ2v) is 32.3. The minimum absolute atomic E-state index is 0.151. The van der Waals surface area contributed by atoms with E-state index in [0.29, 0.717) is 28.9 Å². The molecule has 0 fully saturated rings. The summed E-state index contributed by atoms with van der Waals surface area (Å²) >= 11 is 0. The SMILES string of the molecule is CCCC1Cc2cccc(-c3ccc(C)cc3)c2C1=O.CCCCC1Cc2cccc(-c3ccc(C(C)(C)C)cc3)c2C1=O.CCCCC1Cc2cccc(-c3ccc(C)cc3)c2C1=O.CCCCC1Cc2cccc(-c3cccc4ccccc34)c2C1=O.CCCCC1Cc2cccc(-c3ccccc3)c2C1=O. The van der Waals surface area contributed by atoms with Crippen LogP contribution in [0, 0.1) is 43.4 Å². The van der Waals surface area contributed by atoms with Crippen molar-refractivity contribution in [3.8, 4) is 55.6 Å². The van der Waals surface area contributed by atoms with E-state index in [1.165, 1.54) is 60.8 Å². The molecule has 5 aliphatic carbocycles. The Balaban J connectivity index is 0.000000127. The molecule has 5 heteroatoms. The zero-order chi connectivity index (χ0) is 76.7. The van der Waals surface area contributed by atoms with Gasteiger partial charge in [0.1, 0.15) is 0 Å². The number of unbranched alkanes of at least 4 members (excludes halogenated alkanes) is 4. The Morgan fingerprint density at radius 3 is 0.881 bits per heavy atom. The van der Waals surface area contributed by atoms with Crippen LogP contribution >= 0.6 is 0 Å². The van der Waals surface area contributed by atoms with Crippen LogP contribution < -0.4 is 0 Å². The van der Waals surface area contributed by atoms with Crippen molar-refractivity contribution >= 4 is 39.7 Å². The predicted octanol–water partition coefficient (Wildman–Crippen LogP) is 27.2. The molecule has 5 aliphatic rings. The molecular formula is C104H112O5. The Morgan fingerprint density at radius 1 is 0.266 bits per heavy atom. The Hall–Kier alpha value is -9.97. The van der Waals surface area contributed by atoms with Gasteiger partial charge in [-0.3, -0.25) is 24.0 Å². The van der Waals surface area contributed by atoms with E-state index in [2.05, 4.69) is 288 Å². The fourth-order valence-corrected chi connectivity index (χ4v) is 17.3. The fourth-order valence-electron chi connectivity index (χ4n) is 17.3. The number of ketones is 5. The molecule has 0 saturated carbocycles. The lowest BCUT2D eigenvalue weighted by molar-refractivity contribution is 0.0922. The number of carbonyl (C=O) groups excluding carboxylic acids is 5. The number of Topliss-reactive ketones (excluding diaryl/α,β-unsaturated/α-hetero) is 5. The van der Waals surface area contributed by atoms with Crippen molar-refractivity contribution in [3.05, 3.63) is 309 Å². The van der Waals surface area contributed by atoms with Gasteiger partial charge in [0.15, 0.2) is 28.9 Å². The summed E-state index contributed by atoms with van der Waals surface area (Å²) in [5.74, 6) is 2.73. The lowest BCUT2D eigenvalue weighted by Crippen LogP contribution is -2.11. The molecule has 0 heterocycles. The molecule has 0 spiro atoms. The van der Waals surface area contributed by atoms with Crippen molar-refractivity contribution in [3.63, 3.8) is 0 Å². The van der Waals surface area contributed by atoms with Crippen molar-refractivity contribution in [2.24, 2.45) is 29.6 Å². The van der Waals surface area contributed by atoms with E-state index in [4.69, 9.17) is 0 Å². The van der Waals surface area contributed by atoms with E-state index >= 15 is 0 Å². The van der Waals surface area contributed by atoms with Gasteiger partial charge in [0.2, 0.25) is 0 Å². The Bertz CT molecular complexity index is 5000. The van der Waals surface area contributed by atoms with Gasteiger partial charge in [0.25, 0.3) is 0 Å². The van der Waals surface area contributed by atoms with Gasteiger partial charge in [0.05, 0.1) is 0 Å². The first-order chi connectivity index (χ1) is 52.9. The zero-order valence-corrected chi connectivity index (χ0v) is 66.4. The molecule has 16 rings (SSSR count). The van der Waals surface area contributed by atoms with E-state index in [9.17, 15) is 24.0 Å². The Kier molecular flexibility index (Phi) is 26.3. The molecule has 0 aliphatic heterocycles. The number of carbonyl (C=O) groups is 5. The zero-order valence-electron chi connectivity index (χ0n) is 66.4. The van der Waals surface area contributed by atoms with Crippen LogP contribution in [-0.2, 0) is 37.5 Å². The molecule has 558 valence electrons. The summed E-state index contributed by atoms with van der Waals surface area (Å²) in [5, 5.41) is 2.44. The largest absolute Gasteiger partial charge is 0.294 e. The third-order valence-corrected chi connectivity index (χ3v) is 23.4. The summed E-state index contributed by atoms with van der Waals surface area (Å²) in [5.41, 5.74) is 26.3. The quantitative estimate of drug-likeness (QED) is 0.0805. The maximum atomic E-state index is 13.0. The highest BCUT2D eigenvalue weighted by atomic mass is 16.1. The molecule has 5 unspecified atom stereocenters. The van der Waals surface area contributed by atoms with Gasteiger partial charge >= 0.3 is 0 Å². The lowest BCUT2D eigenvalue weighted by Gasteiger charge is -2.19. The van der Waals surface area contributed by atoms with E-state index < -0.39 is 0 Å². The number of hydrogen-bond acceptors (Lipinski definition) is 5. The van der Waals surface area contributed by atoms with Crippen LogP contribution in [0.25, 0.3) is 66.4 Å². The van der Waals surface area contributed by atoms with Crippen molar-refractivity contribution in [1.29, 1.82) is 0 Å². The smallest absolute Gasteiger partial charge is 0.167 e. The Labute approximate surface area is 650 Å². The number of benzene rings is 11.